The zero-order valence-corrected chi connectivity index (χ0v) is 12.7. The largest absolute Gasteiger partial charge is 0.375 e. The molecule has 104 valence electrons. The highest BCUT2D eigenvalue weighted by atomic mass is 32.2. The van der Waals surface area contributed by atoms with Crippen molar-refractivity contribution in [2.24, 2.45) is 0 Å². The Morgan fingerprint density at radius 3 is 2.61 bits per heavy atom. The van der Waals surface area contributed by atoms with Crippen LogP contribution in [0.4, 0.5) is 5.13 Å². The van der Waals surface area contributed by atoms with Gasteiger partial charge in [0.25, 0.3) is 0 Å². The summed E-state index contributed by atoms with van der Waals surface area (Å²) in [6.45, 7) is 7.16. The molecule has 0 amide bonds. The lowest BCUT2D eigenvalue weighted by Crippen LogP contribution is -2.37. The summed E-state index contributed by atoms with van der Waals surface area (Å²) < 4.78 is 23.3. The van der Waals surface area contributed by atoms with Gasteiger partial charge >= 0.3 is 0 Å². The van der Waals surface area contributed by atoms with Crippen LogP contribution in [-0.2, 0) is 16.4 Å². The Morgan fingerprint density at radius 1 is 1.50 bits per heavy atom. The number of rotatable bonds is 7. The third-order valence-electron chi connectivity index (χ3n) is 2.89. The first-order valence-corrected chi connectivity index (χ1v) is 8.66. The minimum absolute atomic E-state index is 0.00303. The van der Waals surface area contributed by atoms with Gasteiger partial charge in [0.1, 0.15) is 0 Å². The Morgan fingerprint density at radius 2 is 2.17 bits per heavy atom. The Kier molecular flexibility index (Phi) is 5.55. The molecule has 7 heteroatoms. The molecule has 2 N–H and O–H groups in total. The van der Waals surface area contributed by atoms with E-state index in [4.69, 9.17) is 5.73 Å². The molecule has 0 fully saturated rings. The van der Waals surface area contributed by atoms with Crippen molar-refractivity contribution < 1.29 is 8.42 Å². The van der Waals surface area contributed by atoms with Crippen molar-refractivity contribution in [3.8, 4) is 0 Å². The van der Waals surface area contributed by atoms with Crippen LogP contribution in [0.15, 0.2) is 6.20 Å². The summed E-state index contributed by atoms with van der Waals surface area (Å²) in [7, 11) is -2.94. The van der Waals surface area contributed by atoms with Crippen molar-refractivity contribution in [2.75, 3.05) is 23.8 Å². The van der Waals surface area contributed by atoms with Crippen molar-refractivity contribution in [3.05, 3.63) is 11.1 Å². The highest BCUT2D eigenvalue weighted by Crippen LogP contribution is 2.18. The number of nitrogens with zero attached hydrogens (tertiary/aromatic N) is 2. The van der Waals surface area contributed by atoms with Crippen LogP contribution in [0.1, 0.15) is 25.6 Å². The van der Waals surface area contributed by atoms with E-state index in [-0.39, 0.29) is 17.5 Å². The van der Waals surface area contributed by atoms with Crippen molar-refractivity contribution >= 4 is 26.3 Å². The molecule has 1 rings (SSSR count). The number of sulfone groups is 1. The van der Waals surface area contributed by atoms with Crippen molar-refractivity contribution in [1.29, 1.82) is 0 Å². The topological polar surface area (TPSA) is 76.3 Å². The number of nitrogens with two attached hydrogens (primary N) is 1. The second-order valence-electron chi connectivity index (χ2n) is 4.28. The van der Waals surface area contributed by atoms with Crippen LogP contribution in [0.3, 0.4) is 0 Å². The standard InChI is InChI=1S/C11H21N3O2S2/c1-4-14(7-10-6-13-11(12)17-10)9(3)8-18(15,16)5-2/h6,9H,4-5,7-8H2,1-3H3,(H2,12,13). The van der Waals surface area contributed by atoms with Gasteiger partial charge in [0, 0.05) is 29.4 Å². The minimum Gasteiger partial charge on any atom is -0.375 e. The molecule has 1 atom stereocenters. The van der Waals surface area contributed by atoms with Crippen molar-refractivity contribution in [1.82, 2.24) is 9.88 Å². The normalized spacial score (nSPS) is 14.0. The molecule has 18 heavy (non-hydrogen) atoms. The van der Waals surface area contributed by atoms with Crippen LogP contribution < -0.4 is 5.73 Å². The summed E-state index contributed by atoms with van der Waals surface area (Å²) in [5, 5.41) is 0.551. The molecule has 0 bridgehead atoms. The van der Waals surface area contributed by atoms with E-state index in [0.717, 1.165) is 11.4 Å². The average molecular weight is 291 g/mol. The van der Waals surface area contributed by atoms with Gasteiger partial charge in [-0.05, 0) is 13.5 Å². The van der Waals surface area contributed by atoms with Gasteiger partial charge in [-0.1, -0.05) is 13.8 Å². The Labute approximate surface area is 113 Å². The molecule has 1 heterocycles. The molecule has 0 saturated heterocycles. The molecule has 0 spiro atoms. The van der Waals surface area contributed by atoms with E-state index in [1.807, 2.05) is 13.8 Å². The quantitative estimate of drug-likeness (QED) is 0.821. The SMILES string of the molecule is CCN(Cc1cnc(N)s1)C(C)CS(=O)(=O)CC. The fourth-order valence-electron chi connectivity index (χ4n) is 1.77. The lowest BCUT2D eigenvalue weighted by atomic mass is 10.3. The molecule has 0 saturated carbocycles. The van der Waals surface area contributed by atoms with E-state index < -0.39 is 9.84 Å². The molecule has 0 aliphatic rings. The third-order valence-corrected chi connectivity index (χ3v) is 5.58. The van der Waals surface area contributed by atoms with Crippen LogP contribution in [0.2, 0.25) is 0 Å². The summed E-state index contributed by atoms with van der Waals surface area (Å²) in [5.41, 5.74) is 5.59. The van der Waals surface area contributed by atoms with Gasteiger partial charge in [0.2, 0.25) is 0 Å². The molecular weight excluding hydrogens is 270 g/mol. The van der Waals surface area contributed by atoms with E-state index >= 15 is 0 Å². The van der Waals surface area contributed by atoms with Gasteiger partial charge < -0.3 is 5.73 Å². The molecule has 5 nitrogen and oxygen atoms in total. The summed E-state index contributed by atoms with van der Waals surface area (Å²) in [5.74, 6) is 0.397. The molecule has 1 aromatic heterocycles. The number of hydrogen-bond donors (Lipinski definition) is 1. The maximum absolute atomic E-state index is 11.6. The highest BCUT2D eigenvalue weighted by molar-refractivity contribution is 7.91. The Balaban J connectivity index is 2.66. The van der Waals surface area contributed by atoms with Gasteiger partial charge in [-0.2, -0.15) is 0 Å². The summed E-state index contributed by atoms with van der Waals surface area (Å²) >= 11 is 1.45. The zero-order valence-electron chi connectivity index (χ0n) is 11.1. The zero-order chi connectivity index (χ0) is 13.8. The van der Waals surface area contributed by atoms with Crippen LogP contribution in [0.25, 0.3) is 0 Å². The second-order valence-corrected chi connectivity index (χ2v) is 7.82. The van der Waals surface area contributed by atoms with E-state index in [9.17, 15) is 8.42 Å². The summed E-state index contributed by atoms with van der Waals surface area (Å²) in [6.07, 6.45) is 1.75. The fraction of sp³-hybridized carbons (Fsp3) is 0.727. The van der Waals surface area contributed by atoms with E-state index in [2.05, 4.69) is 9.88 Å². The number of hydrogen-bond acceptors (Lipinski definition) is 6. The van der Waals surface area contributed by atoms with Gasteiger partial charge in [-0.15, -0.1) is 11.3 Å². The van der Waals surface area contributed by atoms with Crippen molar-refractivity contribution in [2.45, 2.75) is 33.4 Å². The number of thiazole rings is 1. The number of nitrogen functional groups attached to an aromatic ring is 1. The van der Waals surface area contributed by atoms with Crippen LogP contribution in [0, 0.1) is 0 Å². The maximum Gasteiger partial charge on any atom is 0.180 e. The smallest absolute Gasteiger partial charge is 0.180 e. The fourth-order valence-corrected chi connectivity index (χ4v) is 3.66. The van der Waals surface area contributed by atoms with Crippen LogP contribution in [-0.4, -0.2) is 42.4 Å². The third kappa shape index (κ3) is 4.55. The lowest BCUT2D eigenvalue weighted by Gasteiger charge is -2.26. The lowest BCUT2D eigenvalue weighted by molar-refractivity contribution is 0.228. The first-order chi connectivity index (χ1) is 8.38. The maximum atomic E-state index is 11.6. The Bertz CT molecular complexity index is 470. The van der Waals surface area contributed by atoms with Crippen LogP contribution in [0.5, 0.6) is 0 Å². The predicted molar refractivity (Wildman–Crippen MR) is 76.4 cm³/mol. The van der Waals surface area contributed by atoms with Gasteiger partial charge in [0.05, 0.1) is 5.75 Å². The van der Waals surface area contributed by atoms with Crippen molar-refractivity contribution in [3.63, 3.8) is 0 Å². The summed E-state index contributed by atoms with van der Waals surface area (Å²) in [6, 6.07) is 0.00303. The van der Waals surface area contributed by atoms with E-state index in [1.54, 1.807) is 13.1 Å². The van der Waals surface area contributed by atoms with Gasteiger partial charge in [-0.3, -0.25) is 4.90 Å². The van der Waals surface area contributed by atoms with E-state index in [1.165, 1.54) is 11.3 Å². The number of anilines is 1. The molecule has 0 aliphatic carbocycles. The second kappa shape index (κ2) is 6.49. The first kappa shape index (κ1) is 15.4. The monoisotopic (exact) mass is 291 g/mol. The molecule has 1 aromatic rings. The molecule has 0 aromatic carbocycles. The Hall–Kier alpha value is -0.660. The number of aromatic nitrogens is 1. The average Bonchev–Trinajstić information content (AvgIpc) is 2.71. The first-order valence-electron chi connectivity index (χ1n) is 6.02. The summed E-state index contributed by atoms with van der Waals surface area (Å²) in [4.78, 5) is 7.20. The highest BCUT2D eigenvalue weighted by Gasteiger charge is 2.19. The molecular formula is C11H21N3O2S2. The van der Waals surface area contributed by atoms with Gasteiger partial charge in [-0.25, -0.2) is 13.4 Å². The van der Waals surface area contributed by atoms with E-state index in [0.29, 0.717) is 11.7 Å². The molecule has 1 unspecified atom stereocenters. The van der Waals surface area contributed by atoms with Crippen LogP contribution >= 0.6 is 11.3 Å². The van der Waals surface area contributed by atoms with Gasteiger partial charge in [0.15, 0.2) is 15.0 Å². The molecule has 0 radical (unpaired) electrons. The predicted octanol–water partition coefficient (Wildman–Crippen LogP) is 1.37. The minimum atomic E-state index is -2.94. The molecule has 0 aliphatic heterocycles.